The van der Waals surface area contributed by atoms with Gasteiger partial charge >= 0.3 is 0 Å². The van der Waals surface area contributed by atoms with Crippen LogP contribution in [0.4, 0.5) is 0 Å². The molecule has 102 valence electrons. The molecule has 0 aliphatic heterocycles. The van der Waals surface area contributed by atoms with Gasteiger partial charge in [-0.2, -0.15) is 0 Å². The summed E-state index contributed by atoms with van der Waals surface area (Å²) in [5.41, 5.74) is 4.06. The van der Waals surface area contributed by atoms with Gasteiger partial charge in [0.15, 0.2) is 0 Å². The third-order valence-corrected chi connectivity index (χ3v) is 4.58. The molecular formula is C19H20O. The minimum atomic E-state index is 0.521. The third-order valence-electron chi connectivity index (χ3n) is 4.58. The molecule has 1 heteroatoms. The Balaban J connectivity index is 2.19. The first kappa shape index (κ1) is 12.0. The van der Waals surface area contributed by atoms with Gasteiger partial charge in [0.25, 0.3) is 0 Å². The minimum absolute atomic E-state index is 0.521. The summed E-state index contributed by atoms with van der Waals surface area (Å²) in [6, 6.07) is 10.9. The molecule has 0 saturated heterocycles. The summed E-state index contributed by atoms with van der Waals surface area (Å²) in [5.74, 6) is 1.76. The van der Waals surface area contributed by atoms with Crippen LogP contribution in [-0.2, 0) is 12.8 Å². The second kappa shape index (κ2) is 4.37. The zero-order valence-electron chi connectivity index (χ0n) is 12.2. The maximum Gasteiger partial charge on any atom is 0.135 e. The van der Waals surface area contributed by atoms with Crippen molar-refractivity contribution in [1.82, 2.24) is 0 Å². The number of fused-ring (bicyclic) bond motifs is 4. The van der Waals surface area contributed by atoms with Crippen molar-refractivity contribution in [2.45, 2.75) is 45.4 Å². The molecule has 2 aromatic carbocycles. The lowest BCUT2D eigenvalue weighted by atomic mass is 9.87. The number of aryl methyl sites for hydroxylation is 2. The Morgan fingerprint density at radius 2 is 1.85 bits per heavy atom. The molecule has 1 heterocycles. The Morgan fingerprint density at radius 1 is 1.05 bits per heavy atom. The topological polar surface area (TPSA) is 13.1 Å². The van der Waals surface area contributed by atoms with Crippen LogP contribution in [0.5, 0.6) is 0 Å². The number of hydrogen-bond acceptors (Lipinski definition) is 1. The molecule has 0 atom stereocenters. The van der Waals surface area contributed by atoms with Crippen LogP contribution in [0, 0.1) is 0 Å². The van der Waals surface area contributed by atoms with Gasteiger partial charge in [-0.15, -0.1) is 0 Å². The van der Waals surface area contributed by atoms with Crippen molar-refractivity contribution in [2.24, 2.45) is 0 Å². The van der Waals surface area contributed by atoms with Gasteiger partial charge in [-0.1, -0.05) is 38.1 Å². The van der Waals surface area contributed by atoms with Crippen LogP contribution >= 0.6 is 0 Å². The van der Waals surface area contributed by atoms with E-state index in [0.717, 1.165) is 12.0 Å². The van der Waals surface area contributed by atoms with Crippen LogP contribution in [0.1, 0.15) is 49.5 Å². The molecule has 0 saturated carbocycles. The fraction of sp³-hybridized carbons (Fsp3) is 0.368. The lowest BCUT2D eigenvalue weighted by Crippen LogP contribution is -2.00. The lowest BCUT2D eigenvalue weighted by molar-refractivity contribution is 0.506. The Labute approximate surface area is 119 Å². The number of benzene rings is 2. The highest BCUT2D eigenvalue weighted by atomic mass is 16.3. The molecule has 0 bridgehead atoms. The summed E-state index contributed by atoms with van der Waals surface area (Å²) >= 11 is 0. The fourth-order valence-electron chi connectivity index (χ4n) is 3.73. The molecule has 0 amide bonds. The van der Waals surface area contributed by atoms with Crippen molar-refractivity contribution in [1.29, 1.82) is 0 Å². The number of furan rings is 1. The third kappa shape index (κ3) is 1.62. The van der Waals surface area contributed by atoms with Gasteiger partial charge in [0.05, 0.1) is 0 Å². The average Bonchev–Trinajstić information content (AvgIpc) is 2.82. The largest absolute Gasteiger partial charge is 0.461 e. The Bertz CT molecular complexity index is 792. The first-order valence-electron chi connectivity index (χ1n) is 7.71. The molecule has 0 radical (unpaired) electrons. The monoisotopic (exact) mass is 264 g/mol. The predicted octanol–water partition coefficient (Wildman–Crippen LogP) is 5.59. The van der Waals surface area contributed by atoms with Gasteiger partial charge < -0.3 is 4.42 Å². The number of rotatable bonds is 1. The van der Waals surface area contributed by atoms with Gasteiger partial charge in [0, 0.05) is 17.4 Å². The second-order valence-electron chi connectivity index (χ2n) is 6.25. The minimum Gasteiger partial charge on any atom is -0.461 e. The molecule has 1 nitrogen and oxygen atoms in total. The van der Waals surface area contributed by atoms with Crippen LogP contribution in [0.3, 0.4) is 0 Å². The van der Waals surface area contributed by atoms with E-state index < -0.39 is 0 Å². The van der Waals surface area contributed by atoms with Crippen molar-refractivity contribution in [3.63, 3.8) is 0 Å². The highest BCUT2D eigenvalue weighted by Crippen LogP contribution is 2.40. The first-order valence-corrected chi connectivity index (χ1v) is 7.71. The van der Waals surface area contributed by atoms with E-state index in [9.17, 15) is 0 Å². The quantitative estimate of drug-likeness (QED) is 0.558. The smallest absolute Gasteiger partial charge is 0.135 e. The van der Waals surface area contributed by atoms with E-state index in [0.29, 0.717) is 5.92 Å². The second-order valence-corrected chi connectivity index (χ2v) is 6.25. The van der Waals surface area contributed by atoms with Gasteiger partial charge in [0.1, 0.15) is 11.3 Å². The van der Waals surface area contributed by atoms with Gasteiger partial charge in [-0.05, 0) is 47.6 Å². The Hall–Kier alpha value is -1.76. The molecule has 0 unspecified atom stereocenters. The summed E-state index contributed by atoms with van der Waals surface area (Å²) < 4.78 is 6.19. The fourth-order valence-corrected chi connectivity index (χ4v) is 3.73. The van der Waals surface area contributed by atoms with E-state index in [1.54, 1.807) is 0 Å². The Morgan fingerprint density at radius 3 is 2.70 bits per heavy atom. The maximum atomic E-state index is 6.19. The molecule has 0 spiro atoms. The standard InChI is InChI=1S/C19H20O/c1-12(2)18-14-8-4-3-7-13(14)11-17-19(18)15-9-5-6-10-16(15)20-17/h3-4,7-8,11-12H,5-6,9-10H2,1-2H3. The van der Waals surface area contributed by atoms with Crippen molar-refractivity contribution in [3.8, 4) is 0 Å². The van der Waals surface area contributed by atoms with Crippen LogP contribution in [0.15, 0.2) is 34.7 Å². The van der Waals surface area contributed by atoms with Crippen molar-refractivity contribution < 1.29 is 4.42 Å². The van der Waals surface area contributed by atoms with Crippen molar-refractivity contribution in [3.05, 3.63) is 47.2 Å². The first-order chi connectivity index (χ1) is 9.75. The highest BCUT2D eigenvalue weighted by molar-refractivity contribution is 6.02. The van der Waals surface area contributed by atoms with Gasteiger partial charge in [-0.25, -0.2) is 0 Å². The predicted molar refractivity (Wildman–Crippen MR) is 84.5 cm³/mol. The summed E-state index contributed by atoms with van der Waals surface area (Å²) in [6.07, 6.45) is 4.85. The summed E-state index contributed by atoms with van der Waals surface area (Å²) in [7, 11) is 0. The van der Waals surface area contributed by atoms with Crippen LogP contribution in [0.25, 0.3) is 21.7 Å². The van der Waals surface area contributed by atoms with Gasteiger partial charge in [-0.3, -0.25) is 0 Å². The summed E-state index contributed by atoms with van der Waals surface area (Å²) in [5, 5.41) is 4.10. The molecule has 1 aromatic heterocycles. The van der Waals surface area contributed by atoms with Crippen LogP contribution in [0.2, 0.25) is 0 Å². The SMILES string of the molecule is CC(C)c1c2ccccc2cc2oc3c(c12)CCCC3. The van der Waals surface area contributed by atoms with Crippen molar-refractivity contribution >= 4 is 21.7 Å². The number of hydrogen-bond donors (Lipinski definition) is 0. The van der Waals surface area contributed by atoms with E-state index in [1.165, 1.54) is 52.3 Å². The van der Waals surface area contributed by atoms with E-state index in [2.05, 4.69) is 44.2 Å². The van der Waals surface area contributed by atoms with E-state index in [4.69, 9.17) is 4.42 Å². The molecule has 1 aliphatic carbocycles. The zero-order chi connectivity index (χ0) is 13.7. The summed E-state index contributed by atoms with van der Waals surface area (Å²) in [6.45, 7) is 4.59. The lowest BCUT2D eigenvalue weighted by Gasteiger charge is -2.14. The Kier molecular flexibility index (Phi) is 2.63. The zero-order valence-corrected chi connectivity index (χ0v) is 12.2. The van der Waals surface area contributed by atoms with E-state index in [-0.39, 0.29) is 0 Å². The molecule has 20 heavy (non-hydrogen) atoms. The maximum absolute atomic E-state index is 6.19. The van der Waals surface area contributed by atoms with Crippen molar-refractivity contribution in [2.75, 3.05) is 0 Å². The van der Waals surface area contributed by atoms with Gasteiger partial charge in [0.2, 0.25) is 0 Å². The average molecular weight is 264 g/mol. The van der Waals surface area contributed by atoms with E-state index >= 15 is 0 Å². The molecule has 0 N–H and O–H groups in total. The van der Waals surface area contributed by atoms with E-state index in [1.807, 2.05) is 0 Å². The summed E-state index contributed by atoms with van der Waals surface area (Å²) in [4.78, 5) is 0. The van der Waals surface area contributed by atoms with Crippen LogP contribution in [-0.4, -0.2) is 0 Å². The van der Waals surface area contributed by atoms with Crippen LogP contribution < -0.4 is 0 Å². The molecule has 3 aromatic rings. The molecule has 0 fully saturated rings. The molecule has 4 rings (SSSR count). The molecule has 1 aliphatic rings. The highest BCUT2D eigenvalue weighted by Gasteiger charge is 2.22. The normalized spacial score (nSPS) is 15.2. The molecular weight excluding hydrogens is 244 g/mol.